The molecule has 0 saturated heterocycles. The lowest BCUT2D eigenvalue weighted by Gasteiger charge is -2.09. The topological polar surface area (TPSA) is 46.9 Å². The summed E-state index contributed by atoms with van der Waals surface area (Å²) < 4.78 is 1.98. The third-order valence-electron chi connectivity index (χ3n) is 5.01. The Morgan fingerprint density at radius 3 is 2.54 bits per heavy atom. The van der Waals surface area contributed by atoms with E-state index in [0.717, 1.165) is 35.5 Å². The third-order valence-corrected chi connectivity index (χ3v) is 5.01. The molecule has 1 amide bonds. The van der Waals surface area contributed by atoms with Gasteiger partial charge in [0.2, 0.25) is 0 Å². The van der Waals surface area contributed by atoms with Crippen molar-refractivity contribution in [3.05, 3.63) is 82.2 Å². The maximum Gasteiger partial charge on any atom is 0.255 e. The highest BCUT2D eigenvalue weighted by atomic mass is 16.1. The van der Waals surface area contributed by atoms with Crippen molar-refractivity contribution in [2.75, 3.05) is 5.32 Å². The molecule has 3 aromatic rings. The normalized spacial score (nSPS) is 12.8. The van der Waals surface area contributed by atoms with Crippen LogP contribution in [0.1, 0.15) is 44.9 Å². The summed E-state index contributed by atoms with van der Waals surface area (Å²) in [6.07, 6.45) is 3.48. The molecule has 0 bridgehead atoms. The van der Waals surface area contributed by atoms with Crippen LogP contribution < -0.4 is 5.32 Å². The first kappa shape index (κ1) is 16.6. The van der Waals surface area contributed by atoms with Crippen LogP contribution in [-0.2, 0) is 19.4 Å². The molecule has 0 unspecified atom stereocenters. The number of benzene rings is 2. The van der Waals surface area contributed by atoms with Crippen LogP contribution in [0.4, 0.5) is 5.69 Å². The fourth-order valence-corrected chi connectivity index (χ4v) is 3.62. The summed E-state index contributed by atoms with van der Waals surface area (Å²) in [5.41, 5.74) is 7.61. The van der Waals surface area contributed by atoms with Crippen LogP contribution in [-0.4, -0.2) is 15.7 Å². The first-order chi connectivity index (χ1) is 12.6. The van der Waals surface area contributed by atoms with Gasteiger partial charge in [-0.25, -0.2) is 0 Å². The fraction of sp³-hybridized carbons (Fsp3) is 0.273. The van der Waals surface area contributed by atoms with Gasteiger partial charge in [0, 0.05) is 16.9 Å². The molecule has 0 aliphatic heterocycles. The molecule has 132 valence electrons. The van der Waals surface area contributed by atoms with Crippen molar-refractivity contribution in [2.45, 2.75) is 39.7 Å². The zero-order valence-corrected chi connectivity index (χ0v) is 15.2. The molecule has 1 aliphatic carbocycles. The predicted molar refractivity (Wildman–Crippen MR) is 104 cm³/mol. The van der Waals surface area contributed by atoms with E-state index in [9.17, 15) is 4.79 Å². The van der Waals surface area contributed by atoms with Crippen molar-refractivity contribution in [3.8, 4) is 0 Å². The van der Waals surface area contributed by atoms with Crippen LogP contribution in [0.3, 0.4) is 0 Å². The Bertz CT molecular complexity index is 954. The minimum Gasteiger partial charge on any atom is -0.322 e. The monoisotopic (exact) mass is 345 g/mol. The molecule has 4 heteroatoms. The second-order valence-electron chi connectivity index (χ2n) is 7.07. The highest BCUT2D eigenvalue weighted by Gasteiger charge is 2.12. The van der Waals surface area contributed by atoms with Gasteiger partial charge < -0.3 is 5.32 Å². The molecule has 4 nitrogen and oxygen atoms in total. The molecule has 1 N–H and O–H groups in total. The lowest BCUT2D eigenvalue weighted by Crippen LogP contribution is -2.12. The number of hydrogen-bond acceptors (Lipinski definition) is 2. The quantitative estimate of drug-likeness (QED) is 0.767. The van der Waals surface area contributed by atoms with Gasteiger partial charge in [0.1, 0.15) is 0 Å². The van der Waals surface area contributed by atoms with Gasteiger partial charge in [-0.1, -0.05) is 18.2 Å². The van der Waals surface area contributed by atoms with Crippen LogP contribution >= 0.6 is 0 Å². The van der Waals surface area contributed by atoms with Crippen molar-refractivity contribution in [1.82, 2.24) is 9.78 Å². The van der Waals surface area contributed by atoms with Crippen molar-refractivity contribution in [2.24, 2.45) is 0 Å². The number of nitrogens with one attached hydrogen (secondary N) is 1. The number of carbonyl (C=O) groups excluding carboxylic acids is 1. The zero-order valence-electron chi connectivity index (χ0n) is 15.2. The number of amides is 1. The fourth-order valence-electron chi connectivity index (χ4n) is 3.62. The Hall–Kier alpha value is -2.88. The van der Waals surface area contributed by atoms with E-state index in [1.54, 1.807) is 0 Å². The number of anilines is 1. The van der Waals surface area contributed by atoms with Crippen LogP contribution in [0.2, 0.25) is 0 Å². The van der Waals surface area contributed by atoms with Gasteiger partial charge in [-0.05, 0) is 80.1 Å². The minimum absolute atomic E-state index is 0.0689. The first-order valence-corrected chi connectivity index (χ1v) is 9.11. The Labute approximate surface area is 153 Å². The lowest BCUT2D eigenvalue weighted by atomic mass is 10.1. The summed E-state index contributed by atoms with van der Waals surface area (Å²) in [5.74, 6) is -0.0689. The van der Waals surface area contributed by atoms with E-state index < -0.39 is 0 Å². The van der Waals surface area contributed by atoms with E-state index in [0.29, 0.717) is 12.1 Å². The molecule has 0 saturated carbocycles. The van der Waals surface area contributed by atoms with Gasteiger partial charge in [-0.15, -0.1) is 0 Å². The summed E-state index contributed by atoms with van der Waals surface area (Å²) in [7, 11) is 0. The molecule has 0 radical (unpaired) electrons. The molecule has 0 fully saturated rings. The van der Waals surface area contributed by atoms with Crippen LogP contribution in [0.5, 0.6) is 0 Å². The number of aryl methyl sites for hydroxylation is 4. The number of nitrogens with zero attached hydrogens (tertiary/aromatic N) is 2. The minimum atomic E-state index is -0.0689. The first-order valence-electron chi connectivity index (χ1n) is 9.11. The summed E-state index contributed by atoms with van der Waals surface area (Å²) >= 11 is 0. The molecule has 1 heterocycles. The molecular formula is C22H23N3O. The molecular weight excluding hydrogens is 322 g/mol. The Kier molecular flexibility index (Phi) is 4.33. The molecule has 0 atom stereocenters. The predicted octanol–water partition coefficient (Wildman–Crippen LogP) is 4.29. The van der Waals surface area contributed by atoms with Crippen LogP contribution in [0, 0.1) is 13.8 Å². The lowest BCUT2D eigenvalue weighted by molar-refractivity contribution is 0.102. The van der Waals surface area contributed by atoms with E-state index in [1.807, 2.05) is 41.9 Å². The zero-order chi connectivity index (χ0) is 18.1. The summed E-state index contributed by atoms with van der Waals surface area (Å²) in [6, 6.07) is 16.1. The summed E-state index contributed by atoms with van der Waals surface area (Å²) in [6.45, 7) is 4.76. The average molecular weight is 345 g/mol. The average Bonchev–Trinajstić information content (AvgIpc) is 3.21. The van der Waals surface area contributed by atoms with Gasteiger partial charge in [-0.3, -0.25) is 9.48 Å². The number of aromatic nitrogens is 2. The molecule has 1 aromatic heterocycles. The van der Waals surface area contributed by atoms with Crippen molar-refractivity contribution >= 4 is 11.6 Å². The summed E-state index contributed by atoms with van der Waals surface area (Å²) in [5, 5.41) is 7.50. The van der Waals surface area contributed by atoms with Crippen molar-refractivity contribution in [3.63, 3.8) is 0 Å². The second kappa shape index (κ2) is 6.79. The van der Waals surface area contributed by atoms with Crippen molar-refractivity contribution in [1.29, 1.82) is 0 Å². The largest absolute Gasteiger partial charge is 0.322 e. The molecule has 4 rings (SSSR count). The van der Waals surface area contributed by atoms with E-state index in [-0.39, 0.29) is 5.91 Å². The van der Waals surface area contributed by atoms with E-state index in [1.165, 1.54) is 17.5 Å². The van der Waals surface area contributed by atoms with Gasteiger partial charge in [0.05, 0.1) is 12.2 Å². The van der Waals surface area contributed by atoms with E-state index in [4.69, 9.17) is 0 Å². The van der Waals surface area contributed by atoms with Gasteiger partial charge in [-0.2, -0.15) is 5.10 Å². The molecule has 2 aromatic carbocycles. The van der Waals surface area contributed by atoms with E-state index in [2.05, 4.69) is 35.5 Å². The Balaban J connectivity index is 1.44. The standard InChI is InChI=1S/C22H23N3O/c1-15-12-16(2)25(24-15)14-17-6-8-19(9-7-17)22(26)23-21-11-10-18-4-3-5-20(18)13-21/h6-13H,3-5,14H2,1-2H3,(H,23,26). The Morgan fingerprint density at radius 2 is 1.81 bits per heavy atom. The number of carbonyl (C=O) groups is 1. The number of hydrogen-bond donors (Lipinski definition) is 1. The SMILES string of the molecule is Cc1cc(C)n(Cc2ccc(C(=O)Nc3ccc4c(c3)CCC4)cc2)n1. The van der Waals surface area contributed by atoms with Crippen LogP contribution in [0.15, 0.2) is 48.5 Å². The highest BCUT2D eigenvalue weighted by Crippen LogP contribution is 2.25. The summed E-state index contributed by atoms with van der Waals surface area (Å²) in [4.78, 5) is 12.5. The number of fused-ring (bicyclic) bond motifs is 1. The molecule has 1 aliphatic rings. The van der Waals surface area contributed by atoms with Crippen LogP contribution in [0.25, 0.3) is 0 Å². The second-order valence-corrected chi connectivity index (χ2v) is 7.07. The van der Waals surface area contributed by atoms with Gasteiger partial charge >= 0.3 is 0 Å². The maximum atomic E-state index is 12.5. The Morgan fingerprint density at radius 1 is 1.04 bits per heavy atom. The van der Waals surface area contributed by atoms with Gasteiger partial charge in [0.15, 0.2) is 0 Å². The smallest absolute Gasteiger partial charge is 0.255 e. The van der Waals surface area contributed by atoms with E-state index >= 15 is 0 Å². The molecule has 0 spiro atoms. The molecule has 26 heavy (non-hydrogen) atoms. The van der Waals surface area contributed by atoms with Crippen molar-refractivity contribution < 1.29 is 4.79 Å². The highest BCUT2D eigenvalue weighted by molar-refractivity contribution is 6.04. The third kappa shape index (κ3) is 3.40. The number of rotatable bonds is 4. The van der Waals surface area contributed by atoms with Gasteiger partial charge in [0.25, 0.3) is 5.91 Å². The maximum absolute atomic E-state index is 12.5.